The van der Waals surface area contributed by atoms with Crippen LogP contribution in [0.1, 0.15) is 20.7 Å². The fourth-order valence-corrected chi connectivity index (χ4v) is 2.45. The van der Waals surface area contributed by atoms with Gasteiger partial charge in [0.25, 0.3) is 11.8 Å². The molecule has 0 fully saturated rings. The Bertz CT molecular complexity index is 857. The van der Waals surface area contributed by atoms with Gasteiger partial charge in [-0.1, -0.05) is 0 Å². The SMILES string of the molecule is COc1cc(C(=O)NNC(=O)c2cc(N(C)C)ccc2O)cc(OC)c1OC. The van der Waals surface area contributed by atoms with Crippen LogP contribution < -0.4 is 30.0 Å². The van der Waals surface area contributed by atoms with Crippen LogP contribution in [-0.2, 0) is 0 Å². The molecule has 0 spiro atoms. The summed E-state index contributed by atoms with van der Waals surface area (Å²) in [7, 11) is 7.93. The Balaban J connectivity index is 2.18. The molecule has 9 nitrogen and oxygen atoms in total. The van der Waals surface area contributed by atoms with Crippen molar-refractivity contribution in [1.29, 1.82) is 0 Å². The Morgan fingerprint density at radius 2 is 1.46 bits per heavy atom. The van der Waals surface area contributed by atoms with E-state index >= 15 is 0 Å². The van der Waals surface area contributed by atoms with E-state index < -0.39 is 11.8 Å². The normalized spacial score (nSPS) is 10.0. The number of hydrogen-bond donors (Lipinski definition) is 3. The van der Waals surface area contributed by atoms with E-state index in [-0.39, 0.29) is 16.9 Å². The molecule has 9 heteroatoms. The lowest BCUT2D eigenvalue weighted by atomic mass is 10.1. The van der Waals surface area contributed by atoms with Crippen molar-refractivity contribution in [1.82, 2.24) is 10.9 Å². The molecular formula is C19H23N3O6. The molecule has 3 N–H and O–H groups in total. The van der Waals surface area contributed by atoms with Crippen LogP contribution in [0.3, 0.4) is 0 Å². The number of nitrogens with zero attached hydrogens (tertiary/aromatic N) is 1. The highest BCUT2D eigenvalue weighted by Crippen LogP contribution is 2.38. The Kier molecular flexibility index (Phi) is 6.54. The fourth-order valence-electron chi connectivity index (χ4n) is 2.45. The number of nitrogens with one attached hydrogen (secondary N) is 2. The summed E-state index contributed by atoms with van der Waals surface area (Å²) in [5, 5.41) is 9.92. The second-order valence-corrected chi connectivity index (χ2v) is 5.92. The van der Waals surface area contributed by atoms with Gasteiger partial charge in [-0.2, -0.15) is 0 Å². The highest BCUT2D eigenvalue weighted by Gasteiger charge is 2.18. The molecular weight excluding hydrogens is 366 g/mol. The number of phenolic OH excluding ortho intramolecular Hbond substituents is 1. The predicted molar refractivity (Wildman–Crippen MR) is 103 cm³/mol. The van der Waals surface area contributed by atoms with Crippen molar-refractivity contribution in [3.8, 4) is 23.0 Å². The largest absolute Gasteiger partial charge is 0.507 e. The van der Waals surface area contributed by atoms with Gasteiger partial charge in [-0.25, -0.2) is 0 Å². The van der Waals surface area contributed by atoms with Gasteiger partial charge in [0.15, 0.2) is 11.5 Å². The third kappa shape index (κ3) is 4.37. The molecule has 150 valence electrons. The van der Waals surface area contributed by atoms with Crippen LogP contribution in [-0.4, -0.2) is 52.3 Å². The smallest absolute Gasteiger partial charge is 0.273 e. The molecule has 2 aromatic carbocycles. The first-order valence-electron chi connectivity index (χ1n) is 8.23. The monoisotopic (exact) mass is 389 g/mol. The summed E-state index contributed by atoms with van der Waals surface area (Å²) in [6.07, 6.45) is 0. The number of rotatable bonds is 6. The highest BCUT2D eigenvalue weighted by atomic mass is 16.5. The molecule has 2 amide bonds. The minimum absolute atomic E-state index is 0.0244. The first-order valence-corrected chi connectivity index (χ1v) is 8.23. The summed E-state index contributed by atoms with van der Waals surface area (Å²) in [6, 6.07) is 7.49. The maximum Gasteiger partial charge on any atom is 0.273 e. The summed E-state index contributed by atoms with van der Waals surface area (Å²) in [5.41, 5.74) is 5.50. The van der Waals surface area contributed by atoms with Crippen molar-refractivity contribution in [2.45, 2.75) is 0 Å². The van der Waals surface area contributed by atoms with Crippen LogP contribution >= 0.6 is 0 Å². The van der Waals surface area contributed by atoms with E-state index in [0.29, 0.717) is 17.2 Å². The van der Waals surface area contributed by atoms with E-state index in [9.17, 15) is 14.7 Å². The lowest BCUT2D eigenvalue weighted by molar-refractivity contribution is 0.0844. The van der Waals surface area contributed by atoms with Crippen LogP contribution in [0.25, 0.3) is 0 Å². The zero-order chi connectivity index (χ0) is 20.8. The second-order valence-electron chi connectivity index (χ2n) is 5.92. The first kappa shape index (κ1) is 20.7. The van der Waals surface area contributed by atoms with Crippen LogP contribution in [0.5, 0.6) is 23.0 Å². The predicted octanol–water partition coefficient (Wildman–Crippen LogP) is 1.56. The second kappa shape index (κ2) is 8.85. The van der Waals surface area contributed by atoms with Crippen LogP contribution in [0.2, 0.25) is 0 Å². The van der Waals surface area contributed by atoms with Crippen molar-refractivity contribution in [3.63, 3.8) is 0 Å². The molecule has 0 atom stereocenters. The number of amides is 2. The topological polar surface area (TPSA) is 109 Å². The number of aromatic hydroxyl groups is 1. The molecule has 0 bridgehead atoms. The van der Waals surface area contributed by atoms with E-state index in [2.05, 4.69) is 10.9 Å². The molecule has 0 aliphatic rings. The average molecular weight is 389 g/mol. The van der Waals surface area contributed by atoms with Crippen LogP contribution in [0.4, 0.5) is 5.69 Å². The van der Waals surface area contributed by atoms with Crippen molar-refractivity contribution in [2.75, 3.05) is 40.3 Å². The highest BCUT2D eigenvalue weighted by molar-refractivity contribution is 6.01. The molecule has 2 aromatic rings. The maximum atomic E-state index is 12.4. The lowest BCUT2D eigenvalue weighted by Crippen LogP contribution is -2.41. The van der Waals surface area contributed by atoms with Gasteiger partial charge in [-0.05, 0) is 30.3 Å². The third-order valence-electron chi connectivity index (χ3n) is 3.96. The Hall–Kier alpha value is -3.62. The van der Waals surface area contributed by atoms with Gasteiger partial charge >= 0.3 is 0 Å². The fraction of sp³-hybridized carbons (Fsp3) is 0.263. The molecule has 0 saturated heterocycles. The van der Waals surface area contributed by atoms with E-state index in [0.717, 1.165) is 5.69 Å². The quantitative estimate of drug-likeness (QED) is 0.643. The third-order valence-corrected chi connectivity index (χ3v) is 3.96. The van der Waals surface area contributed by atoms with Crippen LogP contribution in [0.15, 0.2) is 30.3 Å². The summed E-state index contributed by atoms with van der Waals surface area (Å²) >= 11 is 0. The Morgan fingerprint density at radius 1 is 0.893 bits per heavy atom. The van der Waals surface area contributed by atoms with Crippen molar-refractivity contribution < 1.29 is 28.9 Å². The van der Waals surface area contributed by atoms with Gasteiger partial charge in [-0.3, -0.25) is 20.4 Å². The molecule has 0 aliphatic carbocycles. The van der Waals surface area contributed by atoms with E-state index in [1.54, 1.807) is 25.1 Å². The van der Waals surface area contributed by atoms with Gasteiger partial charge < -0.3 is 24.2 Å². The number of carbonyl (C=O) groups excluding carboxylic acids is 2. The van der Waals surface area contributed by atoms with Crippen LogP contribution in [0, 0.1) is 0 Å². The molecule has 0 aromatic heterocycles. The van der Waals surface area contributed by atoms with E-state index in [4.69, 9.17) is 14.2 Å². The number of benzene rings is 2. The molecule has 0 saturated carbocycles. The molecule has 0 unspecified atom stereocenters. The Morgan fingerprint density at radius 3 is 1.96 bits per heavy atom. The lowest BCUT2D eigenvalue weighted by Gasteiger charge is -2.15. The zero-order valence-electron chi connectivity index (χ0n) is 16.3. The van der Waals surface area contributed by atoms with Crippen molar-refractivity contribution in [2.24, 2.45) is 0 Å². The summed E-state index contributed by atoms with van der Waals surface area (Å²) < 4.78 is 15.6. The van der Waals surface area contributed by atoms with Gasteiger partial charge in [0.2, 0.25) is 5.75 Å². The number of hydrazine groups is 1. The molecule has 0 aliphatic heterocycles. The van der Waals surface area contributed by atoms with Crippen molar-refractivity contribution in [3.05, 3.63) is 41.5 Å². The number of carbonyl (C=O) groups is 2. The van der Waals surface area contributed by atoms with E-state index in [1.165, 1.54) is 45.6 Å². The molecule has 2 rings (SSSR count). The molecule has 28 heavy (non-hydrogen) atoms. The zero-order valence-corrected chi connectivity index (χ0v) is 16.3. The Labute approximate surface area is 162 Å². The number of ether oxygens (including phenoxy) is 3. The summed E-state index contributed by atoms with van der Waals surface area (Å²) in [4.78, 5) is 26.6. The number of hydrogen-bond acceptors (Lipinski definition) is 7. The van der Waals surface area contributed by atoms with E-state index in [1.807, 2.05) is 0 Å². The molecule has 0 radical (unpaired) electrons. The standard InChI is InChI=1S/C19H23N3O6/c1-22(2)12-6-7-14(23)13(10-12)19(25)21-20-18(24)11-8-15(26-3)17(28-5)16(9-11)27-4/h6-10,23H,1-5H3,(H,20,24)(H,21,25). The first-order chi connectivity index (χ1) is 13.3. The van der Waals surface area contributed by atoms with Gasteiger partial charge in [-0.15, -0.1) is 0 Å². The number of phenols is 1. The van der Waals surface area contributed by atoms with Gasteiger partial charge in [0.05, 0.1) is 26.9 Å². The van der Waals surface area contributed by atoms with Crippen molar-refractivity contribution >= 4 is 17.5 Å². The number of anilines is 1. The minimum atomic E-state index is -0.665. The summed E-state index contributed by atoms with van der Waals surface area (Å²) in [5.74, 6) is -0.525. The molecule has 0 heterocycles. The van der Waals surface area contributed by atoms with Gasteiger partial charge in [0, 0.05) is 25.3 Å². The number of methoxy groups -OCH3 is 3. The maximum absolute atomic E-state index is 12.4. The average Bonchev–Trinajstić information content (AvgIpc) is 2.70. The minimum Gasteiger partial charge on any atom is -0.507 e. The summed E-state index contributed by atoms with van der Waals surface area (Å²) in [6.45, 7) is 0. The van der Waals surface area contributed by atoms with Gasteiger partial charge in [0.1, 0.15) is 5.75 Å².